The van der Waals surface area contributed by atoms with Crippen LogP contribution in [0.15, 0.2) is 6.07 Å². The summed E-state index contributed by atoms with van der Waals surface area (Å²) in [7, 11) is 1.84. The van der Waals surface area contributed by atoms with Gasteiger partial charge < -0.3 is 5.11 Å². The van der Waals surface area contributed by atoms with Crippen molar-refractivity contribution in [1.82, 2.24) is 30.0 Å². The molecule has 0 saturated heterocycles. The van der Waals surface area contributed by atoms with Crippen molar-refractivity contribution in [2.45, 2.75) is 26.3 Å². The molecule has 0 aromatic carbocycles. The van der Waals surface area contributed by atoms with Crippen molar-refractivity contribution in [2.75, 3.05) is 0 Å². The first-order valence-corrected chi connectivity index (χ1v) is 6.02. The Balaban J connectivity index is 1.93. The van der Waals surface area contributed by atoms with Crippen molar-refractivity contribution in [3.05, 3.63) is 11.8 Å². The minimum Gasteiger partial charge on any atom is -0.481 e. The molecule has 2 aromatic heterocycles. The van der Waals surface area contributed by atoms with Crippen molar-refractivity contribution in [2.24, 2.45) is 12.5 Å². The number of hydrogen-bond donors (Lipinski definition) is 1. The van der Waals surface area contributed by atoms with E-state index in [9.17, 15) is 9.90 Å². The maximum Gasteiger partial charge on any atom is 0.311 e. The van der Waals surface area contributed by atoms with Crippen LogP contribution in [-0.4, -0.2) is 41.1 Å². The summed E-state index contributed by atoms with van der Waals surface area (Å²) < 4.78 is 3.27. The van der Waals surface area contributed by atoms with Gasteiger partial charge in [0.1, 0.15) is 5.69 Å². The standard InChI is InChI=1S/C11H14N6O2/c1-7-5-8(13-16(7)2)9-12-14-15-17(9)6-11(3-4-11)10(18)19/h5H,3-4,6H2,1-2H3,(H,18,19). The van der Waals surface area contributed by atoms with Crippen molar-refractivity contribution < 1.29 is 9.90 Å². The van der Waals surface area contributed by atoms with Crippen molar-refractivity contribution in [3.8, 4) is 11.5 Å². The van der Waals surface area contributed by atoms with E-state index < -0.39 is 11.4 Å². The fourth-order valence-electron chi connectivity index (χ4n) is 2.04. The van der Waals surface area contributed by atoms with Gasteiger partial charge in [-0.05, 0) is 36.3 Å². The van der Waals surface area contributed by atoms with Gasteiger partial charge >= 0.3 is 5.97 Å². The Bertz CT molecular complexity index is 620. The van der Waals surface area contributed by atoms with Crippen molar-refractivity contribution in [1.29, 1.82) is 0 Å². The molecule has 1 saturated carbocycles. The van der Waals surface area contributed by atoms with Gasteiger partial charge in [-0.15, -0.1) is 5.10 Å². The number of aliphatic carboxylic acids is 1. The molecule has 8 nitrogen and oxygen atoms in total. The summed E-state index contributed by atoms with van der Waals surface area (Å²) in [5, 5.41) is 25.0. The third-order valence-corrected chi connectivity index (χ3v) is 3.63. The number of aryl methyl sites for hydroxylation is 2. The van der Waals surface area contributed by atoms with E-state index in [0.717, 1.165) is 5.69 Å². The molecule has 2 heterocycles. The number of carboxylic acids is 1. The summed E-state index contributed by atoms with van der Waals surface area (Å²) in [6.07, 6.45) is 1.34. The summed E-state index contributed by atoms with van der Waals surface area (Å²) in [6, 6.07) is 1.88. The van der Waals surface area contributed by atoms with Gasteiger partial charge in [-0.1, -0.05) is 0 Å². The maximum absolute atomic E-state index is 11.2. The van der Waals surface area contributed by atoms with E-state index in [1.807, 2.05) is 20.0 Å². The fraction of sp³-hybridized carbons (Fsp3) is 0.545. The summed E-state index contributed by atoms with van der Waals surface area (Å²) in [5.41, 5.74) is 0.948. The van der Waals surface area contributed by atoms with E-state index in [1.54, 1.807) is 4.68 Å². The summed E-state index contributed by atoms with van der Waals surface area (Å²) in [5.74, 6) is -0.276. The fourth-order valence-corrected chi connectivity index (χ4v) is 2.04. The lowest BCUT2D eigenvalue weighted by molar-refractivity contribution is -0.144. The predicted molar refractivity (Wildman–Crippen MR) is 64.1 cm³/mol. The third-order valence-electron chi connectivity index (χ3n) is 3.63. The smallest absolute Gasteiger partial charge is 0.311 e. The van der Waals surface area contributed by atoms with Gasteiger partial charge in [0.05, 0.1) is 12.0 Å². The Morgan fingerprint density at radius 1 is 1.53 bits per heavy atom. The average Bonchev–Trinajstić information content (AvgIpc) is 2.87. The van der Waals surface area contributed by atoms with E-state index in [1.165, 1.54) is 4.68 Å². The number of rotatable bonds is 4. The normalized spacial score (nSPS) is 16.5. The molecule has 2 aromatic rings. The number of carbonyl (C=O) groups is 1. The van der Waals surface area contributed by atoms with Gasteiger partial charge in [0.2, 0.25) is 5.82 Å². The minimum absolute atomic E-state index is 0.292. The molecular formula is C11H14N6O2. The third kappa shape index (κ3) is 1.88. The Morgan fingerprint density at radius 3 is 2.79 bits per heavy atom. The van der Waals surface area contributed by atoms with E-state index in [4.69, 9.17) is 0 Å². The molecule has 19 heavy (non-hydrogen) atoms. The highest BCUT2D eigenvalue weighted by molar-refractivity contribution is 5.77. The van der Waals surface area contributed by atoms with Crippen LogP contribution in [0.5, 0.6) is 0 Å². The molecule has 0 amide bonds. The second-order valence-corrected chi connectivity index (χ2v) is 5.04. The SMILES string of the molecule is Cc1cc(-c2nnnn2CC2(C(=O)O)CC2)nn1C. The van der Waals surface area contributed by atoms with Crippen LogP contribution in [0.1, 0.15) is 18.5 Å². The molecule has 0 radical (unpaired) electrons. The van der Waals surface area contributed by atoms with Crippen LogP contribution in [0.4, 0.5) is 0 Å². The highest BCUT2D eigenvalue weighted by atomic mass is 16.4. The quantitative estimate of drug-likeness (QED) is 0.847. The van der Waals surface area contributed by atoms with Gasteiger partial charge in [-0.3, -0.25) is 9.48 Å². The van der Waals surface area contributed by atoms with Gasteiger partial charge in [-0.25, -0.2) is 4.68 Å². The zero-order valence-corrected chi connectivity index (χ0v) is 10.7. The van der Waals surface area contributed by atoms with E-state index in [-0.39, 0.29) is 0 Å². The maximum atomic E-state index is 11.2. The summed E-state index contributed by atoms with van der Waals surface area (Å²) in [6.45, 7) is 2.23. The molecule has 0 unspecified atom stereocenters. The molecule has 1 aliphatic carbocycles. The molecule has 0 bridgehead atoms. The first-order chi connectivity index (χ1) is 9.02. The summed E-state index contributed by atoms with van der Waals surface area (Å²) >= 11 is 0. The second kappa shape index (κ2) is 3.87. The van der Waals surface area contributed by atoms with Crippen LogP contribution in [0, 0.1) is 12.3 Å². The molecule has 1 aliphatic rings. The first kappa shape index (κ1) is 11.8. The Kier molecular flexibility index (Phi) is 2.41. The molecule has 1 N–H and O–H groups in total. The van der Waals surface area contributed by atoms with Gasteiger partial charge in [-0.2, -0.15) is 5.10 Å². The van der Waals surface area contributed by atoms with Crippen LogP contribution < -0.4 is 0 Å². The zero-order chi connectivity index (χ0) is 13.6. The van der Waals surface area contributed by atoms with Gasteiger partial charge in [0, 0.05) is 12.7 Å². The lowest BCUT2D eigenvalue weighted by Crippen LogP contribution is -2.22. The second-order valence-electron chi connectivity index (χ2n) is 5.04. The molecule has 0 atom stereocenters. The molecule has 1 fully saturated rings. The Labute approximate surface area is 109 Å². The number of carboxylic acid groups (broad SMARTS) is 1. The van der Waals surface area contributed by atoms with Crippen LogP contribution in [-0.2, 0) is 18.4 Å². The van der Waals surface area contributed by atoms with Crippen molar-refractivity contribution >= 4 is 5.97 Å². The highest BCUT2D eigenvalue weighted by Crippen LogP contribution is 2.47. The molecular weight excluding hydrogens is 248 g/mol. The highest BCUT2D eigenvalue weighted by Gasteiger charge is 2.51. The molecule has 8 heteroatoms. The number of nitrogens with zero attached hydrogens (tertiary/aromatic N) is 6. The van der Waals surface area contributed by atoms with Crippen LogP contribution in [0.25, 0.3) is 11.5 Å². The van der Waals surface area contributed by atoms with Crippen LogP contribution in [0.2, 0.25) is 0 Å². The summed E-state index contributed by atoms with van der Waals surface area (Å²) in [4.78, 5) is 11.2. The molecule has 100 valence electrons. The molecule has 0 aliphatic heterocycles. The van der Waals surface area contributed by atoms with Crippen LogP contribution in [0.3, 0.4) is 0 Å². The number of tetrazole rings is 1. The lowest BCUT2D eigenvalue weighted by Gasteiger charge is -2.09. The van der Waals surface area contributed by atoms with Crippen LogP contribution >= 0.6 is 0 Å². The first-order valence-electron chi connectivity index (χ1n) is 6.02. The Morgan fingerprint density at radius 2 is 2.26 bits per heavy atom. The van der Waals surface area contributed by atoms with Gasteiger partial charge in [0.15, 0.2) is 0 Å². The van der Waals surface area contributed by atoms with Crippen molar-refractivity contribution in [3.63, 3.8) is 0 Å². The topological polar surface area (TPSA) is 98.7 Å². The monoisotopic (exact) mass is 262 g/mol. The molecule has 3 rings (SSSR count). The van der Waals surface area contributed by atoms with E-state index in [2.05, 4.69) is 20.6 Å². The number of hydrogen-bond acceptors (Lipinski definition) is 5. The molecule has 0 spiro atoms. The van der Waals surface area contributed by atoms with E-state index in [0.29, 0.717) is 30.9 Å². The van der Waals surface area contributed by atoms with E-state index >= 15 is 0 Å². The Hall–Kier alpha value is -2.25. The van der Waals surface area contributed by atoms with Gasteiger partial charge in [0.25, 0.3) is 0 Å². The number of aromatic nitrogens is 6. The average molecular weight is 262 g/mol. The zero-order valence-electron chi connectivity index (χ0n) is 10.7. The predicted octanol–water partition coefficient (Wildman–Crippen LogP) is 0.247. The largest absolute Gasteiger partial charge is 0.481 e. The lowest BCUT2D eigenvalue weighted by atomic mass is 10.1. The minimum atomic E-state index is -0.786.